The van der Waals surface area contributed by atoms with Gasteiger partial charge in [-0.1, -0.05) is 35.4 Å². The molecule has 0 bridgehead atoms. The number of fused-ring (bicyclic) bond motifs is 4. The predicted octanol–water partition coefficient (Wildman–Crippen LogP) is 8.32. The molecule has 6 aromatic rings. The molecule has 4 aliphatic rings. The molecule has 10 rings (SSSR count). The highest BCUT2D eigenvalue weighted by molar-refractivity contribution is 5.80. The molecule has 376 valence electrons. The molecule has 0 radical (unpaired) electrons. The van der Waals surface area contributed by atoms with Gasteiger partial charge in [-0.2, -0.15) is 0 Å². The number of carbonyl (C=O) groups is 1. The first-order valence-electron chi connectivity index (χ1n) is 25.5. The molecule has 71 heavy (non-hydrogen) atoms. The fourth-order valence-corrected chi connectivity index (χ4v) is 10.1. The number of hydrogen-bond acceptors (Lipinski definition) is 11. The minimum Gasteiger partial charge on any atom is -0.486 e. The van der Waals surface area contributed by atoms with E-state index in [1.54, 1.807) is 12.1 Å². The molecule has 4 aliphatic heterocycles. The quantitative estimate of drug-likeness (QED) is 0.127. The summed E-state index contributed by atoms with van der Waals surface area (Å²) in [5.74, 6) is 3.15. The Balaban J connectivity index is 0.000000179. The van der Waals surface area contributed by atoms with Crippen LogP contribution in [0.2, 0.25) is 0 Å². The van der Waals surface area contributed by atoms with Gasteiger partial charge in [-0.15, -0.1) is 0 Å². The lowest BCUT2D eigenvalue weighted by Crippen LogP contribution is -2.49. The van der Waals surface area contributed by atoms with Crippen LogP contribution in [-0.2, 0) is 30.9 Å². The van der Waals surface area contributed by atoms with Crippen molar-refractivity contribution in [1.29, 1.82) is 0 Å². The molecule has 2 saturated heterocycles. The van der Waals surface area contributed by atoms with Crippen LogP contribution in [0.5, 0.6) is 23.0 Å². The standard InChI is InChI=1S/C31H39N3O5.C26H31N3O3/c1-22-5-8-26-24(19-22)7-10-29(35)33(26)16-15-32-13-11-25(12-14-32)34(30(36)39-31(2,3)4)21-23-6-9-27-28(20-23)38-18-17-37-27;1-19-2-5-23-21(16-19)4-7-26(30)29(23)13-12-28-10-8-22(9-11-28)27-18-20-3-6-24-25(17-20)32-15-14-31-24/h5-10,19-20,25H,11-18,21H2,1-4H3;2-7,16-17,22,27H,8-15,18H2,1H3. The molecule has 0 aliphatic carbocycles. The molecule has 4 aromatic carbocycles. The lowest BCUT2D eigenvalue weighted by Gasteiger charge is -2.39. The number of carbonyl (C=O) groups excluding carboxylic acids is 1. The summed E-state index contributed by atoms with van der Waals surface area (Å²) in [4.78, 5) is 45.2. The average Bonchev–Trinajstić information content (AvgIpc) is 3.37. The van der Waals surface area contributed by atoms with Crippen molar-refractivity contribution in [1.82, 2.24) is 29.2 Å². The summed E-state index contributed by atoms with van der Waals surface area (Å²) in [6.07, 6.45) is 3.62. The Bertz CT molecular complexity index is 2930. The number of rotatable bonds is 12. The summed E-state index contributed by atoms with van der Waals surface area (Å²) < 4.78 is 32.3. The first-order valence-corrected chi connectivity index (χ1v) is 25.5. The van der Waals surface area contributed by atoms with E-state index in [9.17, 15) is 14.4 Å². The first kappa shape index (κ1) is 49.6. The second kappa shape index (κ2) is 22.4. The second-order valence-electron chi connectivity index (χ2n) is 20.4. The molecule has 0 unspecified atom stereocenters. The Kier molecular flexibility index (Phi) is 15.6. The van der Waals surface area contributed by atoms with Gasteiger partial charge in [-0.25, -0.2) is 4.79 Å². The van der Waals surface area contributed by atoms with Crippen LogP contribution in [0.25, 0.3) is 21.8 Å². The van der Waals surface area contributed by atoms with Crippen molar-refractivity contribution in [2.24, 2.45) is 0 Å². The summed E-state index contributed by atoms with van der Waals surface area (Å²) in [5, 5.41) is 5.91. The van der Waals surface area contributed by atoms with Gasteiger partial charge in [0.1, 0.15) is 32.0 Å². The fraction of sp³-hybridized carbons (Fsp3) is 0.456. The summed E-state index contributed by atoms with van der Waals surface area (Å²) >= 11 is 0. The number of hydrogen-bond donors (Lipinski definition) is 1. The van der Waals surface area contributed by atoms with Crippen molar-refractivity contribution in [2.75, 3.05) is 65.7 Å². The third-order valence-electron chi connectivity index (χ3n) is 13.9. The molecular weight excluding hydrogens is 897 g/mol. The van der Waals surface area contributed by atoms with Crippen molar-refractivity contribution in [3.8, 4) is 23.0 Å². The van der Waals surface area contributed by atoms with Crippen LogP contribution >= 0.6 is 0 Å². The smallest absolute Gasteiger partial charge is 0.410 e. The first-order chi connectivity index (χ1) is 34.3. The monoisotopic (exact) mass is 967 g/mol. The number of likely N-dealkylation sites (tertiary alicyclic amines) is 2. The number of nitrogens with zero attached hydrogens (tertiary/aromatic N) is 5. The van der Waals surface area contributed by atoms with E-state index in [2.05, 4.69) is 71.4 Å². The van der Waals surface area contributed by atoms with Gasteiger partial charge in [0.05, 0.1) is 11.0 Å². The summed E-state index contributed by atoms with van der Waals surface area (Å²) in [5.41, 5.74) is 6.13. The third kappa shape index (κ3) is 12.8. The van der Waals surface area contributed by atoms with Gasteiger partial charge in [0.2, 0.25) is 0 Å². The minimum atomic E-state index is -0.576. The second-order valence-corrected chi connectivity index (χ2v) is 20.4. The van der Waals surface area contributed by atoms with Crippen molar-refractivity contribution in [3.63, 3.8) is 0 Å². The van der Waals surface area contributed by atoms with E-state index in [0.29, 0.717) is 45.6 Å². The molecule has 14 heteroatoms. The van der Waals surface area contributed by atoms with Gasteiger partial charge in [0, 0.05) is 76.6 Å². The number of benzene rings is 4. The lowest BCUT2D eigenvalue weighted by molar-refractivity contribution is 0.00562. The predicted molar refractivity (Wildman–Crippen MR) is 278 cm³/mol. The van der Waals surface area contributed by atoms with E-state index in [1.165, 1.54) is 16.7 Å². The van der Waals surface area contributed by atoms with Crippen molar-refractivity contribution in [3.05, 3.63) is 140 Å². The lowest BCUT2D eigenvalue weighted by atomic mass is 10.0. The normalized spacial score (nSPS) is 16.6. The topological polar surface area (TPSA) is 129 Å². The molecule has 14 nitrogen and oxygen atoms in total. The van der Waals surface area contributed by atoms with Crippen LogP contribution < -0.4 is 35.4 Å². The zero-order chi connectivity index (χ0) is 49.5. The average molecular weight is 967 g/mol. The maximum absolute atomic E-state index is 13.3. The number of aromatic nitrogens is 2. The van der Waals surface area contributed by atoms with Crippen molar-refractivity contribution in [2.45, 2.75) is 104 Å². The molecule has 0 saturated carbocycles. The zero-order valence-electron chi connectivity index (χ0n) is 42.1. The number of aryl methyl sites for hydroxylation is 2. The van der Waals surface area contributed by atoms with Crippen LogP contribution in [-0.4, -0.2) is 113 Å². The molecule has 2 aromatic heterocycles. The van der Waals surface area contributed by atoms with E-state index in [4.69, 9.17) is 23.7 Å². The number of pyridine rings is 2. The molecular formula is C57H70N6O8. The Morgan fingerprint density at radius 3 is 1.59 bits per heavy atom. The van der Waals surface area contributed by atoms with Crippen LogP contribution in [0.3, 0.4) is 0 Å². The van der Waals surface area contributed by atoms with Crippen LogP contribution in [0.1, 0.15) is 68.7 Å². The Morgan fingerprint density at radius 1 is 0.592 bits per heavy atom. The Hall–Kier alpha value is -6.35. The maximum Gasteiger partial charge on any atom is 0.410 e. The molecule has 0 spiro atoms. The number of nitrogens with one attached hydrogen (secondary N) is 1. The molecule has 2 fully saturated rings. The molecule has 6 heterocycles. The summed E-state index contributed by atoms with van der Waals surface area (Å²) in [6, 6.07) is 32.3. The Morgan fingerprint density at radius 2 is 1.07 bits per heavy atom. The van der Waals surface area contributed by atoms with Gasteiger partial charge in [-0.05, 0) is 156 Å². The van der Waals surface area contributed by atoms with Crippen LogP contribution in [0, 0.1) is 13.8 Å². The summed E-state index contributed by atoms with van der Waals surface area (Å²) in [6.45, 7) is 20.3. The van der Waals surface area contributed by atoms with Gasteiger partial charge in [0.25, 0.3) is 11.1 Å². The highest BCUT2D eigenvalue weighted by Gasteiger charge is 2.32. The zero-order valence-corrected chi connectivity index (χ0v) is 42.1. The van der Waals surface area contributed by atoms with Gasteiger partial charge in [0.15, 0.2) is 23.0 Å². The van der Waals surface area contributed by atoms with E-state index < -0.39 is 5.60 Å². The SMILES string of the molecule is Cc1ccc2c(ccc(=O)n2CCN2CCC(N(Cc3ccc4c(c3)OCCO4)C(=O)OC(C)(C)C)CC2)c1.Cc1ccc2c(ccc(=O)n2CCN2CCC(NCc3ccc4c(c3)OCCO4)CC2)c1. The Labute approximate surface area is 417 Å². The summed E-state index contributed by atoms with van der Waals surface area (Å²) in [7, 11) is 0. The fourth-order valence-electron chi connectivity index (χ4n) is 10.1. The maximum atomic E-state index is 13.3. The highest BCUT2D eigenvalue weighted by atomic mass is 16.6. The van der Waals surface area contributed by atoms with Crippen molar-refractivity contribution < 1.29 is 28.5 Å². The minimum absolute atomic E-state index is 0.0248. The van der Waals surface area contributed by atoms with E-state index >= 15 is 0 Å². The van der Waals surface area contributed by atoms with E-state index in [-0.39, 0.29) is 23.3 Å². The number of ether oxygens (including phenoxy) is 5. The van der Waals surface area contributed by atoms with Crippen LogP contribution in [0.15, 0.2) is 107 Å². The molecule has 0 atom stereocenters. The highest BCUT2D eigenvalue weighted by Crippen LogP contribution is 2.33. The largest absolute Gasteiger partial charge is 0.486 e. The number of amides is 1. The number of piperidine rings is 2. The van der Waals surface area contributed by atoms with Gasteiger partial charge >= 0.3 is 6.09 Å². The van der Waals surface area contributed by atoms with Gasteiger partial charge in [-0.3, -0.25) is 9.59 Å². The van der Waals surface area contributed by atoms with Gasteiger partial charge < -0.3 is 52.8 Å². The third-order valence-corrected chi connectivity index (χ3v) is 13.9. The van der Waals surface area contributed by atoms with Crippen molar-refractivity contribution >= 4 is 27.9 Å². The van der Waals surface area contributed by atoms with E-state index in [0.717, 1.165) is 128 Å². The van der Waals surface area contributed by atoms with Crippen LogP contribution in [0.4, 0.5) is 4.79 Å². The van der Waals surface area contributed by atoms with E-state index in [1.807, 2.05) is 77.3 Å². The molecule has 1 amide bonds. The molecule has 1 N–H and O–H groups in total.